The lowest BCUT2D eigenvalue weighted by Gasteiger charge is -2.11. The summed E-state index contributed by atoms with van der Waals surface area (Å²) < 4.78 is 51.5. The van der Waals surface area contributed by atoms with Crippen LogP contribution in [0.4, 0.5) is 18.9 Å². The molecule has 1 aromatic heterocycles. The molecule has 3 rings (SSSR count). The van der Waals surface area contributed by atoms with E-state index < -0.39 is 35.2 Å². The SMILES string of the molecule is C[C@H](Oc1ccccc1F)c1nnc(SCC(=O)Nc2c(F)cccc2F)o1. The summed E-state index contributed by atoms with van der Waals surface area (Å²) in [5, 5.41) is 9.76. The Labute approximate surface area is 162 Å². The summed E-state index contributed by atoms with van der Waals surface area (Å²) in [5.41, 5.74) is -0.522. The van der Waals surface area contributed by atoms with Crippen LogP contribution in [0.1, 0.15) is 18.9 Å². The van der Waals surface area contributed by atoms with Crippen molar-refractivity contribution in [2.24, 2.45) is 0 Å². The lowest BCUT2D eigenvalue weighted by atomic mass is 10.3. The maximum atomic E-state index is 13.6. The fourth-order valence-electron chi connectivity index (χ4n) is 2.14. The van der Waals surface area contributed by atoms with Crippen LogP contribution in [0.3, 0.4) is 0 Å². The summed E-state index contributed by atoms with van der Waals surface area (Å²) in [6.07, 6.45) is -0.722. The van der Waals surface area contributed by atoms with Gasteiger partial charge in [0.15, 0.2) is 17.7 Å². The number of hydrogen-bond donors (Lipinski definition) is 1. The van der Waals surface area contributed by atoms with Crippen molar-refractivity contribution in [3.05, 3.63) is 65.8 Å². The highest BCUT2D eigenvalue weighted by molar-refractivity contribution is 7.99. The Bertz CT molecular complexity index is 963. The van der Waals surface area contributed by atoms with E-state index in [1.165, 1.54) is 24.3 Å². The van der Waals surface area contributed by atoms with E-state index >= 15 is 0 Å². The van der Waals surface area contributed by atoms with Crippen LogP contribution in [0.15, 0.2) is 52.1 Å². The number of rotatable bonds is 7. The Morgan fingerprint density at radius 3 is 2.50 bits per heavy atom. The number of ether oxygens (including phenoxy) is 1. The molecule has 1 heterocycles. The van der Waals surface area contributed by atoms with Crippen LogP contribution in [0, 0.1) is 17.5 Å². The van der Waals surface area contributed by atoms with Gasteiger partial charge in [0, 0.05) is 0 Å². The first kappa shape index (κ1) is 19.7. The van der Waals surface area contributed by atoms with E-state index in [1.54, 1.807) is 13.0 Å². The topological polar surface area (TPSA) is 77.2 Å². The van der Waals surface area contributed by atoms with Crippen molar-refractivity contribution in [2.75, 3.05) is 11.1 Å². The molecule has 0 unspecified atom stereocenters. The number of benzene rings is 2. The zero-order chi connectivity index (χ0) is 20.1. The molecule has 1 N–H and O–H groups in total. The van der Waals surface area contributed by atoms with Crippen LogP contribution >= 0.6 is 11.8 Å². The van der Waals surface area contributed by atoms with E-state index in [4.69, 9.17) is 9.15 Å². The van der Waals surface area contributed by atoms with Crippen LogP contribution in [0.5, 0.6) is 5.75 Å². The van der Waals surface area contributed by atoms with Crippen molar-refractivity contribution in [3.8, 4) is 5.75 Å². The van der Waals surface area contributed by atoms with Gasteiger partial charge in [-0.2, -0.15) is 0 Å². The molecular formula is C18H14F3N3O3S. The smallest absolute Gasteiger partial charge is 0.277 e. The van der Waals surface area contributed by atoms with Gasteiger partial charge in [0.25, 0.3) is 11.1 Å². The molecule has 2 aromatic carbocycles. The zero-order valence-electron chi connectivity index (χ0n) is 14.5. The second-order valence-corrected chi connectivity index (χ2v) is 6.46. The second kappa shape index (κ2) is 8.79. The molecule has 1 amide bonds. The molecule has 0 bridgehead atoms. The summed E-state index contributed by atoms with van der Waals surface area (Å²) in [6.45, 7) is 1.60. The molecule has 0 radical (unpaired) electrons. The molecule has 28 heavy (non-hydrogen) atoms. The molecule has 10 heteroatoms. The Kier molecular flexibility index (Phi) is 6.19. The van der Waals surface area contributed by atoms with Gasteiger partial charge < -0.3 is 14.5 Å². The molecule has 0 aliphatic carbocycles. The van der Waals surface area contributed by atoms with Gasteiger partial charge in [-0.1, -0.05) is 30.0 Å². The average molecular weight is 409 g/mol. The Hall–Kier alpha value is -3.01. The van der Waals surface area contributed by atoms with Gasteiger partial charge in [-0.25, -0.2) is 13.2 Å². The number of nitrogens with zero attached hydrogens (tertiary/aromatic N) is 2. The molecular weight excluding hydrogens is 395 g/mol. The molecule has 1 atom stereocenters. The third-order valence-electron chi connectivity index (χ3n) is 3.46. The van der Waals surface area contributed by atoms with Crippen molar-refractivity contribution in [3.63, 3.8) is 0 Å². The number of halogens is 3. The molecule has 0 spiro atoms. The number of amides is 1. The fraction of sp³-hybridized carbons (Fsp3) is 0.167. The molecule has 3 aromatic rings. The zero-order valence-corrected chi connectivity index (χ0v) is 15.3. The predicted octanol–water partition coefficient (Wildman–Crippen LogP) is 4.36. The van der Waals surface area contributed by atoms with Gasteiger partial charge in [0.1, 0.15) is 17.3 Å². The molecule has 0 saturated carbocycles. The van der Waals surface area contributed by atoms with E-state index in [1.807, 2.05) is 0 Å². The lowest BCUT2D eigenvalue weighted by molar-refractivity contribution is -0.113. The maximum Gasteiger partial charge on any atom is 0.277 e. The largest absolute Gasteiger partial charge is 0.478 e. The van der Waals surface area contributed by atoms with E-state index in [2.05, 4.69) is 15.5 Å². The van der Waals surface area contributed by atoms with Gasteiger partial charge in [-0.15, -0.1) is 10.2 Å². The van der Waals surface area contributed by atoms with E-state index in [0.717, 1.165) is 23.9 Å². The highest BCUT2D eigenvalue weighted by Gasteiger charge is 2.19. The summed E-state index contributed by atoms with van der Waals surface area (Å²) in [4.78, 5) is 11.9. The van der Waals surface area contributed by atoms with Gasteiger partial charge in [0.05, 0.1) is 5.75 Å². The average Bonchev–Trinajstić information content (AvgIpc) is 3.14. The van der Waals surface area contributed by atoms with Crippen LogP contribution in [-0.4, -0.2) is 21.9 Å². The second-order valence-electron chi connectivity index (χ2n) is 5.53. The number of nitrogens with one attached hydrogen (secondary N) is 1. The summed E-state index contributed by atoms with van der Waals surface area (Å²) >= 11 is 0.880. The van der Waals surface area contributed by atoms with Gasteiger partial charge in [-0.3, -0.25) is 4.79 Å². The number of carbonyl (C=O) groups is 1. The molecule has 0 fully saturated rings. The molecule has 0 aliphatic heterocycles. The van der Waals surface area contributed by atoms with Gasteiger partial charge >= 0.3 is 0 Å². The standard InChI is InChI=1S/C18H14F3N3O3S/c1-10(26-14-8-3-2-5-11(14)19)17-23-24-18(27-17)28-9-15(25)22-16-12(20)6-4-7-13(16)21/h2-8,10H,9H2,1H3,(H,22,25)/t10-/m0/s1. The first-order valence-electron chi connectivity index (χ1n) is 8.05. The number of para-hydroxylation sites is 2. The van der Waals surface area contributed by atoms with Crippen molar-refractivity contribution in [1.82, 2.24) is 10.2 Å². The van der Waals surface area contributed by atoms with Gasteiger partial charge in [0.2, 0.25) is 5.91 Å². The summed E-state index contributed by atoms with van der Waals surface area (Å²) in [5.74, 6) is -3.02. The van der Waals surface area contributed by atoms with Crippen LogP contribution in [0.2, 0.25) is 0 Å². The molecule has 6 nitrogen and oxygen atoms in total. The lowest BCUT2D eigenvalue weighted by Crippen LogP contribution is -2.16. The molecule has 0 aliphatic rings. The quantitative estimate of drug-likeness (QED) is 0.585. The van der Waals surface area contributed by atoms with Crippen molar-refractivity contribution in [1.29, 1.82) is 0 Å². The summed E-state index contributed by atoms with van der Waals surface area (Å²) in [6, 6.07) is 9.14. The summed E-state index contributed by atoms with van der Waals surface area (Å²) in [7, 11) is 0. The third kappa shape index (κ3) is 4.83. The number of thioether (sulfide) groups is 1. The predicted molar refractivity (Wildman–Crippen MR) is 95.5 cm³/mol. The minimum Gasteiger partial charge on any atom is -0.478 e. The van der Waals surface area contributed by atoms with Crippen molar-refractivity contribution < 1.29 is 27.1 Å². The number of anilines is 1. The molecule has 0 saturated heterocycles. The van der Waals surface area contributed by atoms with Crippen LogP contribution in [-0.2, 0) is 4.79 Å². The maximum absolute atomic E-state index is 13.6. The van der Waals surface area contributed by atoms with E-state index in [-0.39, 0.29) is 22.6 Å². The number of carbonyl (C=O) groups excluding carboxylic acids is 1. The fourth-order valence-corrected chi connectivity index (χ4v) is 2.71. The minimum absolute atomic E-state index is 0.0358. The van der Waals surface area contributed by atoms with E-state index in [0.29, 0.717) is 0 Å². The monoisotopic (exact) mass is 409 g/mol. The van der Waals surface area contributed by atoms with Crippen molar-refractivity contribution in [2.45, 2.75) is 18.3 Å². The molecule has 146 valence electrons. The van der Waals surface area contributed by atoms with Gasteiger partial charge in [-0.05, 0) is 31.2 Å². The Balaban J connectivity index is 1.56. The Morgan fingerprint density at radius 1 is 1.11 bits per heavy atom. The van der Waals surface area contributed by atoms with Crippen molar-refractivity contribution >= 4 is 23.4 Å². The van der Waals surface area contributed by atoms with E-state index in [9.17, 15) is 18.0 Å². The normalized spacial score (nSPS) is 11.9. The number of aromatic nitrogens is 2. The van der Waals surface area contributed by atoms with Crippen LogP contribution in [0.25, 0.3) is 0 Å². The Morgan fingerprint density at radius 2 is 1.79 bits per heavy atom. The highest BCUT2D eigenvalue weighted by atomic mass is 32.2. The van der Waals surface area contributed by atoms with Crippen LogP contribution < -0.4 is 10.1 Å². The number of hydrogen-bond acceptors (Lipinski definition) is 6. The highest BCUT2D eigenvalue weighted by Crippen LogP contribution is 2.26. The first-order chi connectivity index (χ1) is 13.4. The third-order valence-corrected chi connectivity index (χ3v) is 4.28. The minimum atomic E-state index is -0.877. The first-order valence-corrected chi connectivity index (χ1v) is 9.04.